The Morgan fingerprint density at radius 3 is 1.73 bits per heavy atom. The Bertz CT molecular complexity index is 1280. The number of halogens is 7. The van der Waals surface area contributed by atoms with Gasteiger partial charge in [0, 0.05) is 48.2 Å². The molecular formula is C30H31BrF6N2O5. The average Bonchev–Trinajstić information content (AvgIpc) is 2.96. The van der Waals surface area contributed by atoms with Gasteiger partial charge < -0.3 is 14.9 Å². The number of hydrogen-bond donors (Lipinski definition) is 2. The van der Waals surface area contributed by atoms with Gasteiger partial charge in [-0.25, -0.2) is 9.59 Å². The molecule has 0 aliphatic carbocycles. The van der Waals surface area contributed by atoms with Crippen LogP contribution in [0.3, 0.4) is 0 Å². The molecule has 4 rings (SSSR count). The predicted octanol–water partition coefficient (Wildman–Crippen LogP) is 6.67. The smallest absolute Gasteiger partial charge is 0.490 e. The minimum atomic E-state index is -5.08. The first-order valence-electron chi connectivity index (χ1n) is 13.0. The van der Waals surface area contributed by atoms with Crippen molar-refractivity contribution < 1.29 is 50.9 Å². The van der Waals surface area contributed by atoms with Crippen LogP contribution in [-0.4, -0.2) is 84.1 Å². The number of carbonyl (C=O) groups is 2. The van der Waals surface area contributed by atoms with E-state index in [1.54, 1.807) is 7.11 Å². The molecule has 3 aromatic carbocycles. The van der Waals surface area contributed by atoms with Gasteiger partial charge in [0.05, 0.1) is 7.11 Å². The number of carboxylic acids is 2. The number of piperazine rings is 1. The number of methoxy groups -OCH3 is 1. The number of alkyl halides is 6. The number of benzene rings is 3. The maximum Gasteiger partial charge on any atom is 0.490 e. The number of hydrogen-bond acceptors (Lipinski definition) is 5. The van der Waals surface area contributed by atoms with E-state index in [0.717, 1.165) is 36.4 Å². The van der Waals surface area contributed by atoms with Crippen LogP contribution in [0.15, 0.2) is 83.3 Å². The van der Waals surface area contributed by atoms with Gasteiger partial charge in [0.25, 0.3) is 0 Å². The highest BCUT2D eigenvalue weighted by Crippen LogP contribution is 2.33. The summed E-state index contributed by atoms with van der Waals surface area (Å²) in [7, 11) is 4.01. The van der Waals surface area contributed by atoms with Gasteiger partial charge in [-0.05, 0) is 36.4 Å². The number of rotatable bonds is 6. The van der Waals surface area contributed by atoms with Gasteiger partial charge in [-0.1, -0.05) is 76.6 Å². The molecule has 0 amide bonds. The SMILES string of the molecule is COc1ccc(Br)cc1CN1CCN(C)C(C(c2ccccc2)c2ccccc2)C1.O=C(O)C(F)(F)F.O=C(O)C(F)(F)F. The fraction of sp³-hybridized carbons (Fsp3) is 0.333. The average molecular weight is 693 g/mol. The second-order valence-electron chi connectivity index (χ2n) is 9.64. The van der Waals surface area contributed by atoms with E-state index in [-0.39, 0.29) is 0 Å². The lowest BCUT2D eigenvalue weighted by Gasteiger charge is -2.43. The molecule has 0 radical (unpaired) electrons. The van der Waals surface area contributed by atoms with Gasteiger partial charge in [0.2, 0.25) is 0 Å². The van der Waals surface area contributed by atoms with Crippen molar-refractivity contribution in [2.75, 3.05) is 33.8 Å². The van der Waals surface area contributed by atoms with E-state index in [1.165, 1.54) is 16.7 Å². The van der Waals surface area contributed by atoms with Gasteiger partial charge in [-0.15, -0.1) is 0 Å². The molecular weight excluding hydrogens is 662 g/mol. The molecule has 1 fully saturated rings. The summed E-state index contributed by atoms with van der Waals surface area (Å²) >= 11 is 3.61. The highest BCUT2D eigenvalue weighted by Gasteiger charge is 2.39. The summed E-state index contributed by atoms with van der Waals surface area (Å²) in [6.45, 7) is 4.01. The molecule has 0 spiro atoms. The highest BCUT2D eigenvalue weighted by atomic mass is 79.9. The van der Waals surface area contributed by atoms with E-state index in [2.05, 4.69) is 99.5 Å². The van der Waals surface area contributed by atoms with Gasteiger partial charge >= 0.3 is 24.3 Å². The zero-order chi connectivity index (χ0) is 33.1. The molecule has 0 bridgehead atoms. The fourth-order valence-electron chi connectivity index (χ4n) is 4.53. The van der Waals surface area contributed by atoms with E-state index in [9.17, 15) is 26.3 Å². The van der Waals surface area contributed by atoms with Crippen LogP contribution in [0.4, 0.5) is 26.3 Å². The normalized spacial score (nSPS) is 15.8. The molecule has 44 heavy (non-hydrogen) atoms. The first-order chi connectivity index (χ1) is 20.5. The third kappa shape index (κ3) is 11.5. The summed E-state index contributed by atoms with van der Waals surface area (Å²) in [4.78, 5) is 22.9. The maximum atomic E-state index is 10.6. The van der Waals surface area contributed by atoms with E-state index >= 15 is 0 Å². The maximum absolute atomic E-state index is 10.6. The van der Waals surface area contributed by atoms with Gasteiger partial charge in [-0.2, -0.15) is 26.3 Å². The topological polar surface area (TPSA) is 90.3 Å². The fourth-order valence-corrected chi connectivity index (χ4v) is 4.94. The van der Waals surface area contributed by atoms with Crippen LogP contribution in [0.1, 0.15) is 22.6 Å². The summed E-state index contributed by atoms with van der Waals surface area (Å²) in [5.74, 6) is -4.22. The van der Waals surface area contributed by atoms with Crippen molar-refractivity contribution in [1.82, 2.24) is 9.80 Å². The van der Waals surface area contributed by atoms with Crippen LogP contribution in [0.5, 0.6) is 5.75 Å². The molecule has 0 saturated carbocycles. The summed E-state index contributed by atoms with van der Waals surface area (Å²) in [5.41, 5.74) is 3.98. The molecule has 1 aliphatic heterocycles. The minimum absolute atomic E-state index is 0.338. The molecule has 3 aromatic rings. The second kappa shape index (κ2) is 16.5. The van der Waals surface area contributed by atoms with E-state index < -0.39 is 24.3 Å². The highest BCUT2D eigenvalue weighted by molar-refractivity contribution is 9.10. The molecule has 1 heterocycles. The summed E-state index contributed by atoms with van der Waals surface area (Å²) in [5, 5.41) is 14.2. The first-order valence-corrected chi connectivity index (χ1v) is 13.8. The van der Waals surface area contributed by atoms with Crippen molar-refractivity contribution in [3.05, 3.63) is 100 Å². The Hall–Kier alpha value is -3.62. The van der Waals surface area contributed by atoms with Gasteiger partial charge in [-0.3, -0.25) is 9.80 Å². The number of nitrogens with zero attached hydrogens (tertiary/aromatic N) is 2. The van der Waals surface area contributed by atoms with E-state index in [4.69, 9.17) is 24.5 Å². The third-order valence-electron chi connectivity index (χ3n) is 6.60. The zero-order valence-corrected chi connectivity index (χ0v) is 25.2. The zero-order valence-electron chi connectivity index (χ0n) is 23.6. The lowest BCUT2D eigenvalue weighted by Crippen LogP contribution is -2.53. The van der Waals surface area contributed by atoms with Crippen LogP contribution in [0.2, 0.25) is 0 Å². The minimum Gasteiger partial charge on any atom is -0.496 e. The molecule has 1 atom stereocenters. The van der Waals surface area contributed by atoms with Gasteiger partial charge in [0.15, 0.2) is 0 Å². The Kier molecular flexibility index (Phi) is 13.7. The summed E-state index contributed by atoms with van der Waals surface area (Å²) < 4.78 is 70.2. The summed E-state index contributed by atoms with van der Waals surface area (Å²) in [6.07, 6.45) is -10.2. The molecule has 240 valence electrons. The van der Waals surface area contributed by atoms with E-state index in [0.29, 0.717) is 12.0 Å². The van der Waals surface area contributed by atoms with Crippen molar-refractivity contribution in [2.24, 2.45) is 0 Å². The standard InChI is InChI=1S/C26H29BrN2O.2C2HF3O2/c1-28-15-16-29(18-22-17-23(27)13-14-25(22)30-2)19-24(28)26(20-9-5-3-6-10-20)21-11-7-4-8-12-21;2*3-2(4,5)1(6)7/h3-14,17,24,26H,15-16,18-19H2,1-2H3;2*(H,6,7). The molecule has 2 N–H and O–H groups in total. The molecule has 1 aliphatic rings. The molecule has 14 heteroatoms. The Balaban J connectivity index is 0.000000402. The van der Waals surface area contributed by atoms with Crippen molar-refractivity contribution >= 4 is 27.9 Å². The van der Waals surface area contributed by atoms with Crippen molar-refractivity contribution in [3.63, 3.8) is 0 Å². The molecule has 1 saturated heterocycles. The Labute approximate surface area is 258 Å². The first kappa shape index (κ1) is 36.6. The number of carboxylic acid groups (broad SMARTS) is 2. The lowest BCUT2D eigenvalue weighted by atomic mass is 9.83. The van der Waals surface area contributed by atoms with Crippen LogP contribution < -0.4 is 4.74 Å². The van der Waals surface area contributed by atoms with Crippen molar-refractivity contribution in [3.8, 4) is 5.75 Å². The second-order valence-corrected chi connectivity index (χ2v) is 10.6. The van der Waals surface area contributed by atoms with Crippen LogP contribution in [0.25, 0.3) is 0 Å². The molecule has 7 nitrogen and oxygen atoms in total. The lowest BCUT2D eigenvalue weighted by molar-refractivity contribution is -0.193. The predicted molar refractivity (Wildman–Crippen MR) is 154 cm³/mol. The molecule has 1 unspecified atom stereocenters. The van der Waals surface area contributed by atoms with Gasteiger partial charge in [0.1, 0.15) is 5.75 Å². The quantitative estimate of drug-likeness (QED) is 0.279. The monoisotopic (exact) mass is 692 g/mol. The van der Waals surface area contributed by atoms with Crippen LogP contribution >= 0.6 is 15.9 Å². The van der Waals surface area contributed by atoms with Crippen LogP contribution in [-0.2, 0) is 16.1 Å². The Morgan fingerprint density at radius 2 is 1.32 bits per heavy atom. The third-order valence-corrected chi connectivity index (χ3v) is 7.10. The number of ether oxygens (including phenoxy) is 1. The number of aliphatic carboxylic acids is 2. The largest absolute Gasteiger partial charge is 0.496 e. The molecule has 0 aromatic heterocycles. The van der Waals surface area contributed by atoms with Crippen LogP contribution in [0, 0.1) is 0 Å². The Morgan fingerprint density at radius 1 is 0.864 bits per heavy atom. The van der Waals surface area contributed by atoms with E-state index in [1.807, 2.05) is 12.1 Å². The van der Waals surface area contributed by atoms with Crippen molar-refractivity contribution in [1.29, 1.82) is 0 Å². The summed E-state index contributed by atoms with van der Waals surface area (Å²) in [6, 6.07) is 28.5. The number of likely N-dealkylation sites (N-methyl/N-ethyl adjacent to an activating group) is 1. The van der Waals surface area contributed by atoms with Crippen molar-refractivity contribution in [2.45, 2.75) is 30.9 Å².